The molecule has 1 aromatic heterocycles. The second-order valence-corrected chi connectivity index (χ2v) is 5.68. The lowest BCUT2D eigenvalue weighted by Gasteiger charge is -2.23. The molecule has 1 atom stereocenters. The Hall–Kier alpha value is -2.79. The van der Waals surface area contributed by atoms with E-state index < -0.39 is 6.17 Å². The van der Waals surface area contributed by atoms with Crippen LogP contribution in [0.2, 0.25) is 0 Å². The molecule has 0 fully saturated rings. The lowest BCUT2D eigenvalue weighted by Crippen LogP contribution is -2.31. The van der Waals surface area contributed by atoms with E-state index in [0.717, 1.165) is 16.6 Å². The van der Waals surface area contributed by atoms with E-state index in [9.17, 15) is 0 Å². The summed E-state index contributed by atoms with van der Waals surface area (Å²) in [5, 5.41) is 3.57. The Morgan fingerprint density at radius 3 is 2.70 bits per heavy atom. The fourth-order valence-corrected chi connectivity index (χ4v) is 2.96. The second-order valence-electron chi connectivity index (χ2n) is 5.25. The highest BCUT2D eigenvalue weighted by molar-refractivity contribution is 6.32. The van der Waals surface area contributed by atoms with Gasteiger partial charge in [-0.3, -0.25) is 9.88 Å². The van der Waals surface area contributed by atoms with E-state index in [0.29, 0.717) is 16.9 Å². The third-order valence-corrected chi connectivity index (χ3v) is 4.00. The molecule has 0 amide bonds. The number of aliphatic imine (C=N–C) groups is 1. The highest BCUT2D eigenvalue weighted by atomic mass is 35.5. The molecule has 114 valence electrons. The number of nitrogens with zero attached hydrogens (tertiary/aromatic N) is 3. The molecule has 23 heavy (non-hydrogen) atoms. The number of hydrogen-bond acceptors (Lipinski definition) is 4. The highest BCUT2D eigenvalue weighted by Gasteiger charge is 2.25. The molecule has 3 N–H and O–H groups in total. The Labute approximate surface area is 138 Å². The summed E-state index contributed by atoms with van der Waals surface area (Å²) in [4.78, 5) is 9.00. The van der Waals surface area contributed by atoms with E-state index >= 15 is 0 Å². The molecular formula is C17H14ClN5. The zero-order valence-electron chi connectivity index (χ0n) is 12.1. The third-order valence-electron chi connectivity index (χ3n) is 3.69. The zero-order valence-corrected chi connectivity index (χ0v) is 12.9. The Morgan fingerprint density at radius 1 is 1.13 bits per heavy atom. The lowest BCUT2D eigenvalue weighted by molar-refractivity contribution is 0.639. The molecule has 4 rings (SSSR count). The molecule has 2 heterocycles. The first-order chi connectivity index (χ1) is 11.2. The first-order valence-electron chi connectivity index (χ1n) is 7.22. The van der Waals surface area contributed by atoms with Gasteiger partial charge in [-0.25, -0.2) is 9.98 Å². The number of fused-ring (bicyclic) bond motifs is 3. The Balaban J connectivity index is 1.85. The molecule has 1 aliphatic rings. The molecule has 6 heteroatoms. The van der Waals surface area contributed by atoms with Crippen LogP contribution in [0.1, 0.15) is 11.7 Å². The minimum Gasteiger partial charge on any atom is -0.370 e. The normalized spacial score (nSPS) is 17.5. The van der Waals surface area contributed by atoms with Crippen molar-refractivity contribution in [2.24, 2.45) is 10.7 Å². The van der Waals surface area contributed by atoms with Gasteiger partial charge in [0.05, 0.1) is 16.1 Å². The number of para-hydroxylation sites is 2. The van der Waals surface area contributed by atoms with Crippen LogP contribution in [0.5, 0.6) is 0 Å². The summed E-state index contributed by atoms with van der Waals surface area (Å²) in [6, 6.07) is 17.7. The number of rotatable bonds is 2. The van der Waals surface area contributed by atoms with E-state index in [1.165, 1.54) is 0 Å². The number of aromatic nitrogens is 2. The van der Waals surface area contributed by atoms with Crippen LogP contribution < -0.4 is 11.1 Å². The number of anilines is 1. The van der Waals surface area contributed by atoms with Gasteiger partial charge < -0.3 is 5.73 Å². The predicted octanol–water partition coefficient (Wildman–Crippen LogP) is 3.56. The summed E-state index contributed by atoms with van der Waals surface area (Å²) in [5.41, 5.74) is 8.73. The summed E-state index contributed by atoms with van der Waals surface area (Å²) in [5.74, 6) is 0.945. The maximum atomic E-state index is 6.57. The topological polar surface area (TPSA) is 68.2 Å². The van der Waals surface area contributed by atoms with Crippen molar-refractivity contribution in [2.45, 2.75) is 6.17 Å². The second kappa shape index (κ2) is 5.44. The molecule has 0 saturated carbocycles. The monoisotopic (exact) mass is 323 g/mol. The largest absolute Gasteiger partial charge is 0.370 e. The molecule has 0 radical (unpaired) electrons. The van der Waals surface area contributed by atoms with Crippen molar-refractivity contribution >= 4 is 40.6 Å². The van der Waals surface area contributed by atoms with Crippen LogP contribution in [0.25, 0.3) is 17.1 Å². The van der Waals surface area contributed by atoms with Gasteiger partial charge >= 0.3 is 0 Å². The van der Waals surface area contributed by atoms with Crippen LogP contribution in [-0.2, 0) is 0 Å². The molecular weight excluding hydrogens is 310 g/mol. The summed E-state index contributed by atoms with van der Waals surface area (Å²) >= 11 is 6.57. The van der Waals surface area contributed by atoms with Gasteiger partial charge in [-0.1, -0.05) is 54.1 Å². The molecule has 1 aliphatic heterocycles. The van der Waals surface area contributed by atoms with Gasteiger partial charge in [0.1, 0.15) is 0 Å². The number of benzene rings is 2. The van der Waals surface area contributed by atoms with Crippen molar-refractivity contribution in [3.05, 3.63) is 65.2 Å². The quantitative estimate of drug-likeness (QED) is 0.757. The van der Waals surface area contributed by atoms with Gasteiger partial charge in [-0.2, -0.15) is 0 Å². The first-order valence-corrected chi connectivity index (χ1v) is 7.59. The van der Waals surface area contributed by atoms with Gasteiger partial charge in [0.15, 0.2) is 12.1 Å². The van der Waals surface area contributed by atoms with Crippen LogP contribution in [0.15, 0.2) is 64.6 Å². The van der Waals surface area contributed by atoms with Gasteiger partial charge in [0, 0.05) is 0 Å². The van der Waals surface area contributed by atoms with Crippen LogP contribution in [0, 0.1) is 0 Å². The fraction of sp³-hybridized carbons (Fsp3) is 0.0588. The summed E-state index contributed by atoms with van der Waals surface area (Å²) < 4.78 is 1.95. The Morgan fingerprint density at radius 2 is 1.87 bits per heavy atom. The summed E-state index contributed by atoms with van der Waals surface area (Å²) in [6.07, 6.45) is 1.47. The van der Waals surface area contributed by atoms with E-state index in [4.69, 9.17) is 17.3 Å². The maximum absolute atomic E-state index is 6.57. The van der Waals surface area contributed by atoms with Gasteiger partial charge in [-0.05, 0) is 23.8 Å². The van der Waals surface area contributed by atoms with Crippen molar-refractivity contribution in [2.75, 3.05) is 5.32 Å². The fourth-order valence-electron chi connectivity index (χ4n) is 2.68. The van der Waals surface area contributed by atoms with E-state index in [-0.39, 0.29) is 0 Å². The molecule has 0 saturated heterocycles. The minimum atomic E-state index is -0.430. The standard InChI is InChI=1S/C17H14ClN5/c18-12(10-11-6-2-1-3-7-11)15-21-16(19)22-17-20-13-8-4-5-9-14(13)23(15)17/h1-10,15H,(H3,19,20,21,22)/b12-10-. The van der Waals surface area contributed by atoms with Gasteiger partial charge in [0.25, 0.3) is 0 Å². The lowest BCUT2D eigenvalue weighted by atomic mass is 10.2. The van der Waals surface area contributed by atoms with Crippen LogP contribution >= 0.6 is 11.6 Å². The molecule has 3 aromatic rings. The van der Waals surface area contributed by atoms with E-state index in [1.807, 2.05) is 65.2 Å². The van der Waals surface area contributed by atoms with E-state index in [2.05, 4.69) is 15.3 Å². The minimum absolute atomic E-state index is 0.303. The number of guanidine groups is 1. The van der Waals surface area contributed by atoms with Crippen molar-refractivity contribution in [1.82, 2.24) is 9.55 Å². The summed E-state index contributed by atoms with van der Waals surface area (Å²) in [6.45, 7) is 0. The molecule has 1 unspecified atom stereocenters. The SMILES string of the molecule is NC1=NC(/C(Cl)=C/c2ccccc2)n2c(nc3ccccc32)N1. The van der Waals surface area contributed by atoms with Crippen molar-refractivity contribution in [3.8, 4) is 0 Å². The zero-order chi connectivity index (χ0) is 15.8. The number of nitrogens with two attached hydrogens (primary N) is 1. The van der Waals surface area contributed by atoms with Crippen molar-refractivity contribution in [1.29, 1.82) is 0 Å². The van der Waals surface area contributed by atoms with Crippen LogP contribution in [-0.4, -0.2) is 15.5 Å². The number of imidazole rings is 1. The highest BCUT2D eigenvalue weighted by Crippen LogP contribution is 2.34. The Bertz CT molecular complexity index is 927. The molecule has 2 aromatic carbocycles. The van der Waals surface area contributed by atoms with E-state index in [1.54, 1.807) is 0 Å². The third kappa shape index (κ3) is 2.45. The number of halogens is 1. The number of nitrogens with one attached hydrogen (secondary N) is 1. The van der Waals surface area contributed by atoms with Crippen molar-refractivity contribution < 1.29 is 0 Å². The smallest absolute Gasteiger partial charge is 0.212 e. The molecule has 0 bridgehead atoms. The average Bonchev–Trinajstić information content (AvgIpc) is 2.93. The van der Waals surface area contributed by atoms with Crippen LogP contribution in [0.4, 0.5) is 5.95 Å². The molecule has 0 aliphatic carbocycles. The maximum Gasteiger partial charge on any atom is 0.212 e. The number of hydrogen-bond donors (Lipinski definition) is 2. The predicted molar refractivity (Wildman–Crippen MR) is 94.3 cm³/mol. The molecule has 0 spiro atoms. The summed E-state index contributed by atoms with van der Waals surface area (Å²) in [7, 11) is 0. The average molecular weight is 324 g/mol. The molecule has 5 nitrogen and oxygen atoms in total. The van der Waals surface area contributed by atoms with Gasteiger partial charge in [-0.15, -0.1) is 0 Å². The first kappa shape index (κ1) is 13.8. The van der Waals surface area contributed by atoms with Crippen molar-refractivity contribution in [3.63, 3.8) is 0 Å². The Kier molecular flexibility index (Phi) is 3.28. The van der Waals surface area contributed by atoms with Crippen LogP contribution in [0.3, 0.4) is 0 Å². The van der Waals surface area contributed by atoms with Gasteiger partial charge in [0.2, 0.25) is 5.95 Å².